The topological polar surface area (TPSA) is 110 Å². The minimum Gasteiger partial charge on any atom is -0.340 e. The summed E-state index contributed by atoms with van der Waals surface area (Å²) in [6, 6.07) is 0. The van der Waals surface area contributed by atoms with Crippen molar-refractivity contribution in [1.82, 2.24) is 19.9 Å². The number of fused-ring (bicyclic) bond motifs is 1. The fourth-order valence-corrected chi connectivity index (χ4v) is 1.19. The van der Waals surface area contributed by atoms with Crippen LogP contribution in [0.3, 0.4) is 0 Å². The number of carbonyl (C=O) groups is 1. The van der Waals surface area contributed by atoms with Gasteiger partial charge in [0.15, 0.2) is 11.5 Å². The van der Waals surface area contributed by atoms with Gasteiger partial charge in [0.2, 0.25) is 5.91 Å². The molecular weight excluding hydrogens is 232 g/mol. The molecule has 2 rings (SSSR count). The van der Waals surface area contributed by atoms with Gasteiger partial charge in [-0.05, 0) is 0 Å². The first-order valence-electron chi connectivity index (χ1n) is 4.45. The molecule has 0 aliphatic heterocycles. The highest BCUT2D eigenvalue weighted by molar-refractivity contribution is 5.96. The van der Waals surface area contributed by atoms with Crippen molar-refractivity contribution in [1.29, 1.82) is 0 Å². The van der Waals surface area contributed by atoms with E-state index in [2.05, 4.69) is 25.3 Å². The number of anilines is 1. The van der Waals surface area contributed by atoms with Crippen LogP contribution in [-0.4, -0.2) is 32.4 Å². The lowest BCUT2D eigenvalue weighted by molar-refractivity contribution is -0.116. The SMILES string of the molecule is Cl.NCCC(=O)Nc1ncnc2nc[nH]c12. The summed E-state index contributed by atoms with van der Waals surface area (Å²) in [5, 5.41) is 2.63. The van der Waals surface area contributed by atoms with E-state index in [1.165, 1.54) is 12.7 Å². The average Bonchev–Trinajstić information content (AvgIpc) is 2.67. The summed E-state index contributed by atoms with van der Waals surface area (Å²) in [5.41, 5.74) is 6.40. The number of aromatic amines is 1. The number of imidazole rings is 1. The molecule has 16 heavy (non-hydrogen) atoms. The fourth-order valence-electron chi connectivity index (χ4n) is 1.19. The van der Waals surface area contributed by atoms with E-state index in [1.54, 1.807) is 0 Å². The summed E-state index contributed by atoms with van der Waals surface area (Å²) in [4.78, 5) is 26.0. The first-order valence-corrected chi connectivity index (χ1v) is 4.45. The van der Waals surface area contributed by atoms with Crippen LogP contribution in [0.1, 0.15) is 6.42 Å². The molecule has 86 valence electrons. The number of rotatable bonds is 3. The Balaban J connectivity index is 0.00000128. The number of hydrogen-bond acceptors (Lipinski definition) is 5. The van der Waals surface area contributed by atoms with Crippen LogP contribution >= 0.6 is 12.4 Å². The predicted molar refractivity (Wildman–Crippen MR) is 61.2 cm³/mol. The molecule has 0 aromatic carbocycles. The molecule has 0 atom stereocenters. The molecule has 4 N–H and O–H groups in total. The summed E-state index contributed by atoms with van der Waals surface area (Å²) >= 11 is 0. The second-order valence-electron chi connectivity index (χ2n) is 2.91. The summed E-state index contributed by atoms with van der Waals surface area (Å²) in [6.45, 7) is 0.309. The number of H-pyrrole nitrogens is 1. The van der Waals surface area contributed by atoms with Crippen LogP contribution in [0, 0.1) is 0 Å². The van der Waals surface area contributed by atoms with Crippen LogP contribution in [0.2, 0.25) is 0 Å². The van der Waals surface area contributed by atoms with E-state index >= 15 is 0 Å². The zero-order valence-corrected chi connectivity index (χ0v) is 9.12. The number of aromatic nitrogens is 4. The maximum atomic E-state index is 11.3. The maximum Gasteiger partial charge on any atom is 0.226 e. The quantitative estimate of drug-likeness (QED) is 0.705. The van der Waals surface area contributed by atoms with E-state index in [9.17, 15) is 4.79 Å². The Morgan fingerprint density at radius 1 is 1.44 bits per heavy atom. The van der Waals surface area contributed by atoms with Gasteiger partial charge in [-0.1, -0.05) is 0 Å². The number of halogens is 1. The van der Waals surface area contributed by atoms with E-state index < -0.39 is 0 Å². The number of hydrogen-bond donors (Lipinski definition) is 3. The lowest BCUT2D eigenvalue weighted by Gasteiger charge is -2.02. The number of nitrogens with one attached hydrogen (secondary N) is 2. The largest absolute Gasteiger partial charge is 0.340 e. The highest BCUT2D eigenvalue weighted by Crippen LogP contribution is 2.14. The van der Waals surface area contributed by atoms with Crippen LogP contribution in [0.25, 0.3) is 11.2 Å². The highest BCUT2D eigenvalue weighted by atomic mass is 35.5. The third-order valence-electron chi connectivity index (χ3n) is 1.85. The van der Waals surface area contributed by atoms with Crippen molar-refractivity contribution in [3.05, 3.63) is 12.7 Å². The van der Waals surface area contributed by atoms with Gasteiger partial charge < -0.3 is 16.0 Å². The van der Waals surface area contributed by atoms with Crippen molar-refractivity contribution < 1.29 is 4.79 Å². The molecule has 2 aromatic rings. The van der Waals surface area contributed by atoms with Crippen LogP contribution in [0.15, 0.2) is 12.7 Å². The van der Waals surface area contributed by atoms with Gasteiger partial charge in [-0.25, -0.2) is 15.0 Å². The van der Waals surface area contributed by atoms with Crippen molar-refractivity contribution >= 4 is 35.3 Å². The molecule has 0 saturated heterocycles. The molecular formula is C8H11ClN6O. The molecule has 1 amide bonds. The van der Waals surface area contributed by atoms with E-state index in [1.807, 2.05) is 0 Å². The van der Waals surface area contributed by atoms with Gasteiger partial charge >= 0.3 is 0 Å². The molecule has 2 heterocycles. The predicted octanol–water partition coefficient (Wildman–Crippen LogP) is 0.0620. The van der Waals surface area contributed by atoms with Gasteiger partial charge in [-0.2, -0.15) is 0 Å². The molecule has 0 fully saturated rings. The Hall–Kier alpha value is -1.73. The molecule has 0 aliphatic carbocycles. The lowest BCUT2D eigenvalue weighted by Crippen LogP contribution is -2.17. The third-order valence-corrected chi connectivity index (χ3v) is 1.85. The molecule has 0 aliphatic rings. The molecule has 0 saturated carbocycles. The smallest absolute Gasteiger partial charge is 0.226 e. The monoisotopic (exact) mass is 242 g/mol. The van der Waals surface area contributed by atoms with Gasteiger partial charge in [-0.15, -0.1) is 12.4 Å². The minimum absolute atomic E-state index is 0. The van der Waals surface area contributed by atoms with Gasteiger partial charge in [-0.3, -0.25) is 4.79 Å². The summed E-state index contributed by atoms with van der Waals surface area (Å²) < 4.78 is 0. The number of amides is 1. The molecule has 7 nitrogen and oxygen atoms in total. The second kappa shape index (κ2) is 5.38. The van der Waals surface area contributed by atoms with Gasteiger partial charge in [0.05, 0.1) is 6.33 Å². The van der Waals surface area contributed by atoms with E-state index in [0.29, 0.717) is 23.5 Å². The Labute approximate surface area is 97.3 Å². The molecule has 0 unspecified atom stereocenters. The zero-order chi connectivity index (χ0) is 10.7. The van der Waals surface area contributed by atoms with Gasteiger partial charge in [0.25, 0.3) is 0 Å². The first-order chi connectivity index (χ1) is 7.31. The summed E-state index contributed by atoms with van der Waals surface area (Å²) in [6.07, 6.45) is 3.11. The molecule has 0 spiro atoms. The summed E-state index contributed by atoms with van der Waals surface area (Å²) in [5.74, 6) is 0.253. The Kier molecular flexibility index (Phi) is 4.15. The van der Waals surface area contributed by atoms with Crippen molar-refractivity contribution in [3.8, 4) is 0 Å². The lowest BCUT2D eigenvalue weighted by atomic mass is 10.4. The minimum atomic E-state index is -0.174. The van der Waals surface area contributed by atoms with Crippen LogP contribution in [-0.2, 0) is 4.79 Å². The van der Waals surface area contributed by atoms with E-state index in [4.69, 9.17) is 5.73 Å². The summed E-state index contributed by atoms with van der Waals surface area (Å²) in [7, 11) is 0. The van der Waals surface area contributed by atoms with Crippen molar-refractivity contribution in [3.63, 3.8) is 0 Å². The Morgan fingerprint density at radius 2 is 2.25 bits per heavy atom. The number of nitrogens with two attached hydrogens (primary N) is 1. The van der Waals surface area contributed by atoms with Gasteiger partial charge in [0, 0.05) is 13.0 Å². The van der Waals surface area contributed by atoms with Crippen molar-refractivity contribution in [2.75, 3.05) is 11.9 Å². The maximum absolute atomic E-state index is 11.3. The standard InChI is InChI=1S/C8H10N6O.ClH/c9-2-1-5(15)14-8-6-7(11-3-10-6)12-4-13-8;/h3-4H,1-2,9H2,(H2,10,11,12,13,14,15);1H. The fraction of sp³-hybridized carbons (Fsp3) is 0.250. The Morgan fingerprint density at radius 3 is 3.00 bits per heavy atom. The molecule has 8 heteroatoms. The Bertz CT molecular complexity index is 484. The van der Waals surface area contributed by atoms with Crippen LogP contribution < -0.4 is 11.1 Å². The second-order valence-corrected chi connectivity index (χ2v) is 2.91. The van der Waals surface area contributed by atoms with Crippen molar-refractivity contribution in [2.24, 2.45) is 5.73 Å². The van der Waals surface area contributed by atoms with Crippen LogP contribution in [0.4, 0.5) is 5.82 Å². The van der Waals surface area contributed by atoms with E-state index in [-0.39, 0.29) is 24.7 Å². The number of carbonyl (C=O) groups excluding carboxylic acids is 1. The van der Waals surface area contributed by atoms with Crippen molar-refractivity contribution in [2.45, 2.75) is 6.42 Å². The zero-order valence-electron chi connectivity index (χ0n) is 8.30. The number of nitrogens with zero attached hydrogens (tertiary/aromatic N) is 3. The third kappa shape index (κ3) is 2.44. The van der Waals surface area contributed by atoms with Gasteiger partial charge in [0.1, 0.15) is 11.8 Å². The average molecular weight is 243 g/mol. The van der Waals surface area contributed by atoms with E-state index in [0.717, 1.165) is 0 Å². The molecule has 0 bridgehead atoms. The molecule has 2 aromatic heterocycles. The molecule has 0 radical (unpaired) electrons. The highest BCUT2D eigenvalue weighted by Gasteiger charge is 2.08. The normalized spacial score (nSPS) is 9.81. The first kappa shape index (κ1) is 12.3. The van der Waals surface area contributed by atoms with Crippen LogP contribution in [0.5, 0.6) is 0 Å².